The van der Waals surface area contributed by atoms with Crippen molar-refractivity contribution >= 4 is 31.3 Å². The lowest BCUT2D eigenvalue weighted by Gasteiger charge is -2.19. The largest absolute Gasteiger partial charge is 0.493 e. The van der Waals surface area contributed by atoms with Crippen LogP contribution < -0.4 is 10.2 Å². The Morgan fingerprint density at radius 1 is 0.935 bits per heavy atom. The molecule has 0 unspecified atom stereocenters. The summed E-state index contributed by atoms with van der Waals surface area (Å²) in [6, 6.07) is 20.3. The smallest absolute Gasteiger partial charge is 0.196 e. The number of aryl methyl sites for hydroxylation is 1. The number of rotatable bonds is 3. The average molecular weight is 449 g/mol. The molecule has 0 atom stereocenters. The summed E-state index contributed by atoms with van der Waals surface area (Å²) < 4.78 is 30.4. The Balaban J connectivity index is 1.77. The summed E-state index contributed by atoms with van der Waals surface area (Å²) in [6.07, 6.45) is 3.07. The van der Waals surface area contributed by atoms with Crippen LogP contribution in [-0.2, 0) is 16.3 Å². The Hall–Kier alpha value is -2.96. The van der Waals surface area contributed by atoms with Gasteiger partial charge in [0.05, 0.1) is 11.5 Å². The number of sulfone groups is 1. The molecule has 4 aromatic rings. The molecule has 0 saturated carbocycles. The monoisotopic (exact) mass is 448 g/mol. The van der Waals surface area contributed by atoms with Gasteiger partial charge in [0, 0.05) is 26.8 Å². The van der Waals surface area contributed by atoms with Gasteiger partial charge >= 0.3 is 0 Å². The molecule has 4 nitrogen and oxygen atoms in total. The van der Waals surface area contributed by atoms with E-state index in [4.69, 9.17) is 4.74 Å². The van der Waals surface area contributed by atoms with Crippen LogP contribution in [-0.4, -0.2) is 21.3 Å². The highest BCUT2D eigenvalue weighted by Gasteiger charge is 2.19. The van der Waals surface area contributed by atoms with Crippen LogP contribution in [0, 0.1) is 0 Å². The Morgan fingerprint density at radius 3 is 2.45 bits per heavy atom. The zero-order chi connectivity index (χ0) is 21.6. The predicted octanol–water partition coefficient (Wildman–Crippen LogP) is 5.32. The number of fused-ring (bicyclic) bond motifs is 2. The third kappa shape index (κ3) is 3.66. The maximum absolute atomic E-state index is 13.6. The third-order valence-corrected chi connectivity index (χ3v) is 7.89. The van der Waals surface area contributed by atoms with E-state index >= 15 is 0 Å². The summed E-state index contributed by atoms with van der Waals surface area (Å²) >= 11 is 1.55. The van der Waals surface area contributed by atoms with Gasteiger partial charge in [0.2, 0.25) is 0 Å². The summed E-state index contributed by atoms with van der Waals surface area (Å²) in [5.74, 6) is 0.881. The summed E-state index contributed by atoms with van der Waals surface area (Å²) in [5, 5.41) is 0.688. The van der Waals surface area contributed by atoms with Crippen LogP contribution >= 0.6 is 11.3 Å². The molecule has 1 aromatic heterocycles. The topological polar surface area (TPSA) is 60.4 Å². The second-order valence-electron chi connectivity index (χ2n) is 7.70. The molecule has 2 heterocycles. The lowest BCUT2D eigenvalue weighted by molar-refractivity contribution is 0.288. The van der Waals surface area contributed by atoms with Crippen molar-refractivity contribution < 1.29 is 13.2 Å². The van der Waals surface area contributed by atoms with Crippen molar-refractivity contribution in [3.05, 3.63) is 82.5 Å². The average Bonchev–Trinajstić information content (AvgIpc) is 2.78. The zero-order valence-electron chi connectivity index (χ0n) is 16.9. The highest BCUT2D eigenvalue weighted by atomic mass is 32.2. The van der Waals surface area contributed by atoms with E-state index in [0.29, 0.717) is 10.9 Å². The molecule has 1 aliphatic rings. The van der Waals surface area contributed by atoms with Gasteiger partial charge in [-0.3, -0.25) is 4.79 Å². The Morgan fingerprint density at radius 2 is 1.68 bits per heavy atom. The molecule has 5 rings (SSSR count). The van der Waals surface area contributed by atoms with Gasteiger partial charge in [-0.1, -0.05) is 30.3 Å². The molecular weight excluding hydrogens is 428 g/mol. The van der Waals surface area contributed by atoms with Crippen LogP contribution in [0.2, 0.25) is 0 Å². The molecule has 3 aromatic carbocycles. The maximum atomic E-state index is 13.6. The Kier molecular flexibility index (Phi) is 4.91. The summed E-state index contributed by atoms with van der Waals surface area (Å²) in [5.41, 5.74) is 3.42. The highest BCUT2D eigenvalue weighted by molar-refractivity contribution is 7.90. The van der Waals surface area contributed by atoms with Crippen LogP contribution in [0.15, 0.2) is 76.4 Å². The normalized spacial score (nSPS) is 13.6. The first-order valence-electron chi connectivity index (χ1n) is 10.0. The van der Waals surface area contributed by atoms with Gasteiger partial charge in [-0.2, -0.15) is 0 Å². The van der Waals surface area contributed by atoms with Gasteiger partial charge in [0.1, 0.15) is 5.75 Å². The van der Waals surface area contributed by atoms with Gasteiger partial charge in [-0.15, -0.1) is 11.3 Å². The molecule has 6 heteroatoms. The van der Waals surface area contributed by atoms with Gasteiger partial charge in [0.15, 0.2) is 15.3 Å². The summed E-state index contributed by atoms with van der Waals surface area (Å²) in [4.78, 5) is 14.7. The quantitative estimate of drug-likeness (QED) is 0.425. The first-order valence-corrected chi connectivity index (χ1v) is 12.7. The predicted molar refractivity (Wildman–Crippen MR) is 126 cm³/mol. The Bertz CT molecular complexity index is 1470. The molecule has 31 heavy (non-hydrogen) atoms. The second kappa shape index (κ2) is 7.62. The summed E-state index contributed by atoms with van der Waals surface area (Å²) in [6.45, 7) is 0.717. The molecule has 0 radical (unpaired) electrons. The molecule has 0 amide bonds. The maximum Gasteiger partial charge on any atom is 0.196 e. The van der Waals surface area contributed by atoms with Crippen LogP contribution in [0.4, 0.5) is 0 Å². The van der Waals surface area contributed by atoms with E-state index in [-0.39, 0.29) is 10.3 Å². The van der Waals surface area contributed by atoms with E-state index < -0.39 is 9.84 Å². The molecule has 0 saturated heterocycles. The SMILES string of the molecule is CS(=O)(=O)c1ccc(-c2sc3ccccc3c(=O)c2-c2ccc3c(c2)CCCO3)cc1. The van der Waals surface area contributed by atoms with Gasteiger partial charge in [0.25, 0.3) is 0 Å². The minimum absolute atomic E-state index is 0.0202. The van der Waals surface area contributed by atoms with Crippen LogP contribution in [0.5, 0.6) is 5.75 Å². The minimum atomic E-state index is -3.29. The molecule has 1 aliphatic heterocycles. The van der Waals surface area contributed by atoms with E-state index in [9.17, 15) is 13.2 Å². The van der Waals surface area contributed by atoms with Gasteiger partial charge in [-0.05, 0) is 65.9 Å². The molecular formula is C25H20O4S2. The first-order chi connectivity index (χ1) is 14.9. The van der Waals surface area contributed by atoms with E-state index in [1.807, 2.05) is 36.4 Å². The Labute approximate surface area is 184 Å². The lowest BCUT2D eigenvalue weighted by Crippen LogP contribution is -2.10. The van der Waals surface area contributed by atoms with Crippen LogP contribution in [0.25, 0.3) is 31.7 Å². The number of ether oxygens (including phenoxy) is 1. The molecule has 0 spiro atoms. The fourth-order valence-corrected chi connectivity index (χ4v) is 5.81. The molecule has 0 N–H and O–H groups in total. The molecule has 0 bridgehead atoms. The number of benzene rings is 3. The standard InChI is InChI=1S/C25H20O4S2/c1-31(27,28)19-11-8-16(9-12-19)25-23(24(26)20-6-2-3-7-22(20)30-25)18-10-13-21-17(15-18)5-4-14-29-21/h2-3,6-13,15H,4-5,14H2,1H3. The fraction of sp³-hybridized carbons (Fsp3) is 0.160. The van der Waals surface area contributed by atoms with Crippen molar-refractivity contribution in [1.29, 1.82) is 0 Å². The second-order valence-corrected chi connectivity index (χ2v) is 10.8. The fourth-order valence-electron chi connectivity index (χ4n) is 3.98. The molecule has 0 fully saturated rings. The summed E-state index contributed by atoms with van der Waals surface area (Å²) in [7, 11) is -3.29. The highest BCUT2D eigenvalue weighted by Crippen LogP contribution is 2.39. The van der Waals surface area contributed by atoms with E-state index in [2.05, 4.69) is 6.07 Å². The number of hydrogen-bond donors (Lipinski definition) is 0. The van der Waals surface area contributed by atoms with Gasteiger partial charge in [-0.25, -0.2) is 8.42 Å². The lowest BCUT2D eigenvalue weighted by atomic mass is 9.96. The van der Waals surface area contributed by atoms with E-state index in [1.165, 1.54) is 6.26 Å². The van der Waals surface area contributed by atoms with Gasteiger partial charge < -0.3 is 4.74 Å². The van der Waals surface area contributed by atoms with Crippen LogP contribution in [0.1, 0.15) is 12.0 Å². The van der Waals surface area contributed by atoms with E-state index in [1.54, 1.807) is 35.6 Å². The first kappa shape index (κ1) is 20.0. The van der Waals surface area contributed by atoms with Crippen molar-refractivity contribution in [3.8, 4) is 27.3 Å². The minimum Gasteiger partial charge on any atom is -0.493 e. The third-order valence-electron chi connectivity index (χ3n) is 5.54. The molecule has 156 valence electrons. The number of hydrogen-bond acceptors (Lipinski definition) is 5. The van der Waals surface area contributed by atoms with E-state index in [0.717, 1.165) is 51.5 Å². The van der Waals surface area contributed by atoms with Crippen molar-refractivity contribution in [1.82, 2.24) is 0 Å². The van der Waals surface area contributed by atoms with Crippen molar-refractivity contribution in [2.24, 2.45) is 0 Å². The van der Waals surface area contributed by atoms with Crippen molar-refractivity contribution in [2.45, 2.75) is 17.7 Å². The van der Waals surface area contributed by atoms with Crippen LogP contribution in [0.3, 0.4) is 0 Å². The molecule has 0 aliphatic carbocycles. The zero-order valence-corrected chi connectivity index (χ0v) is 18.6. The van der Waals surface area contributed by atoms with Crippen molar-refractivity contribution in [2.75, 3.05) is 12.9 Å². The van der Waals surface area contributed by atoms with Crippen molar-refractivity contribution in [3.63, 3.8) is 0 Å².